The Kier molecular flexibility index (Phi) is 5.32. The van der Waals surface area contributed by atoms with Gasteiger partial charge in [-0.2, -0.15) is 0 Å². The van der Waals surface area contributed by atoms with E-state index in [0.29, 0.717) is 17.6 Å². The van der Waals surface area contributed by atoms with Crippen LogP contribution in [-0.2, 0) is 0 Å². The van der Waals surface area contributed by atoms with Gasteiger partial charge in [0.15, 0.2) is 0 Å². The van der Waals surface area contributed by atoms with Gasteiger partial charge in [-0.05, 0) is 56.0 Å². The third-order valence-corrected chi connectivity index (χ3v) is 3.52. The molecule has 1 heterocycles. The highest BCUT2D eigenvalue weighted by Gasteiger charge is 2.11. The maximum Gasteiger partial charge on any atom is 0.274 e. The molecule has 1 amide bonds. The van der Waals surface area contributed by atoms with Crippen molar-refractivity contribution in [2.75, 3.05) is 17.2 Å². The highest BCUT2D eigenvalue weighted by atomic mass is 16.1. The smallest absolute Gasteiger partial charge is 0.274 e. The second-order valence-corrected chi connectivity index (χ2v) is 6.25. The minimum absolute atomic E-state index is 0.230. The molecule has 0 fully saturated rings. The van der Waals surface area contributed by atoms with Crippen molar-refractivity contribution in [3.63, 3.8) is 0 Å². The van der Waals surface area contributed by atoms with Gasteiger partial charge in [-0.15, -0.1) is 0 Å². The first-order valence-corrected chi connectivity index (χ1v) is 7.83. The van der Waals surface area contributed by atoms with Crippen molar-refractivity contribution in [1.29, 1.82) is 0 Å². The van der Waals surface area contributed by atoms with Gasteiger partial charge in [-0.3, -0.25) is 4.79 Å². The molecular formula is C18H24N4O. The molecule has 0 spiro atoms. The summed E-state index contributed by atoms with van der Waals surface area (Å²) in [6.07, 6.45) is 0. The standard InChI is InChI=1S/C18H24N4O/c1-11(2)10-19-18-20-14(5)9-16(22-18)17(23)21-15-7-6-12(3)13(4)8-15/h6-9,11H,10H2,1-5H3,(H,21,23)(H,19,20,22). The van der Waals surface area contributed by atoms with Crippen LogP contribution in [0, 0.1) is 26.7 Å². The summed E-state index contributed by atoms with van der Waals surface area (Å²) in [6, 6.07) is 7.54. The number of amides is 1. The summed E-state index contributed by atoms with van der Waals surface area (Å²) >= 11 is 0. The van der Waals surface area contributed by atoms with Gasteiger partial charge in [0.05, 0.1) is 0 Å². The number of aryl methyl sites for hydroxylation is 3. The second-order valence-electron chi connectivity index (χ2n) is 6.25. The number of nitrogens with zero attached hydrogens (tertiary/aromatic N) is 2. The number of hydrogen-bond acceptors (Lipinski definition) is 4. The molecule has 2 N–H and O–H groups in total. The number of anilines is 2. The lowest BCUT2D eigenvalue weighted by molar-refractivity contribution is 0.102. The summed E-state index contributed by atoms with van der Waals surface area (Å²) in [5, 5.41) is 6.05. The molecule has 5 heteroatoms. The fourth-order valence-corrected chi connectivity index (χ4v) is 2.07. The van der Waals surface area contributed by atoms with Crippen LogP contribution in [0.2, 0.25) is 0 Å². The van der Waals surface area contributed by atoms with Crippen LogP contribution < -0.4 is 10.6 Å². The van der Waals surface area contributed by atoms with Gasteiger partial charge < -0.3 is 10.6 Å². The van der Waals surface area contributed by atoms with Crippen LogP contribution in [0.3, 0.4) is 0 Å². The lowest BCUT2D eigenvalue weighted by atomic mass is 10.1. The molecule has 0 aliphatic rings. The van der Waals surface area contributed by atoms with Crippen LogP contribution in [0.25, 0.3) is 0 Å². The van der Waals surface area contributed by atoms with Gasteiger partial charge in [0.1, 0.15) is 5.69 Å². The largest absolute Gasteiger partial charge is 0.354 e. The Hall–Kier alpha value is -2.43. The average molecular weight is 312 g/mol. The number of hydrogen-bond donors (Lipinski definition) is 2. The van der Waals surface area contributed by atoms with E-state index < -0.39 is 0 Å². The van der Waals surface area contributed by atoms with Gasteiger partial charge in [-0.1, -0.05) is 19.9 Å². The topological polar surface area (TPSA) is 66.9 Å². The van der Waals surface area contributed by atoms with E-state index in [1.807, 2.05) is 39.0 Å². The molecule has 0 radical (unpaired) electrons. The lowest BCUT2D eigenvalue weighted by Gasteiger charge is -2.11. The molecule has 2 aromatic rings. The Balaban J connectivity index is 2.16. The van der Waals surface area contributed by atoms with Gasteiger partial charge >= 0.3 is 0 Å². The maximum absolute atomic E-state index is 12.4. The van der Waals surface area contributed by atoms with Crippen LogP contribution in [0.4, 0.5) is 11.6 Å². The Morgan fingerprint density at radius 2 is 1.83 bits per heavy atom. The van der Waals surface area contributed by atoms with E-state index in [1.54, 1.807) is 6.07 Å². The molecule has 5 nitrogen and oxygen atoms in total. The third kappa shape index (κ3) is 4.77. The van der Waals surface area contributed by atoms with Gasteiger partial charge in [0.2, 0.25) is 5.95 Å². The molecule has 0 saturated carbocycles. The van der Waals surface area contributed by atoms with E-state index >= 15 is 0 Å². The molecule has 0 aliphatic heterocycles. The Bertz CT molecular complexity index is 710. The monoisotopic (exact) mass is 312 g/mol. The normalized spacial score (nSPS) is 10.7. The molecule has 122 valence electrons. The first kappa shape index (κ1) is 16.9. The maximum atomic E-state index is 12.4. The molecule has 0 saturated heterocycles. The lowest BCUT2D eigenvalue weighted by Crippen LogP contribution is -2.17. The molecule has 0 unspecified atom stereocenters. The average Bonchev–Trinajstić information content (AvgIpc) is 2.48. The summed E-state index contributed by atoms with van der Waals surface area (Å²) in [4.78, 5) is 21.0. The fourth-order valence-electron chi connectivity index (χ4n) is 2.07. The zero-order valence-electron chi connectivity index (χ0n) is 14.4. The van der Waals surface area contributed by atoms with E-state index in [-0.39, 0.29) is 5.91 Å². The van der Waals surface area contributed by atoms with Gasteiger partial charge in [0.25, 0.3) is 5.91 Å². The first-order chi connectivity index (χ1) is 10.8. The predicted octanol–water partition coefficient (Wildman–Crippen LogP) is 3.72. The van der Waals surface area contributed by atoms with E-state index in [4.69, 9.17) is 0 Å². The minimum atomic E-state index is -0.230. The quantitative estimate of drug-likeness (QED) is 0.883. The summed E-state index contributed by atoms with van der Waals surface area (Å²) in [6.45, 7) is 10.9. The number of nitrogens with one attached hydrogen (secondary N) is 2. The molecule has 1 aromatic carbocycles. The number of aromatic nitrogens is 2. The van der Waals surface area contributed by atoms with Crippen molar-refractivity contribution < 1.29 is 4.79 Å². The minimum Gasteiger partial charge on any atom is -0.354 e. The highest BCUT2D eigenvalue weighted by Crippen LogP contribution is 2.15. The van der Waals surface area contributed by atoms with Crippen molar-refractivity contribution in [2.24, 2.45) is 5.92 Å². The van der Waals surface area contributed by atoms with Crippen molar-refractivity contribution >= 4 is 17.5 Å². The van der Waals surface area contributed by atoms with Crippen LogP contribution in [-0.4, -0.2) is 22.4 Å². The number of carbonyl (C=O) groups is 1. The molecule has 0 bridgehead atoms. The zero-order valence-corrected chi connectivity index (χ0v) is 14.4. The Labute approximate surface area is 137 Å². The van der Waals surface area contributed by atoms with Crippen molar-refractivity contribution in [3.8, 4) is 0 Å². The summed E-state index contributed by atoms with van der Waals surface area (Å²) in [5.41, 5.74) is 4.23. The summed E-state index contributed by atoms with van der Waals surface area (Å²) in [7, 11) is 0. The van der Waals surface area contributed by atoms with Crippen LogP contribution in [0.15, 0.2) is 24.3 Å². The number of rotatable bonds is 5. The number of carbonyl (C=O) groups excluding carboxylic acids is 1. The molecule has 2 rings (SSSR count). The highest BCUT2D eigenvalue weighted by molar-refractivity contribution is 6.03. The van der Waals surface area contributed by atoms with Crippen LogP contribution in [0.5, 0.6) is 0 Å². The van der Waals surface area contributed by atoms with Crippen LogP contribution in [0.1, 0.15) is 41.2 Å². The SMILES string of the molecule is Cc1cc(C(=O)Nc2ccc(C)c(C)c2)nc(NCC(C)C)n1. The predicted molar refractivity (Wildman–Crippen MR) is 94.0 cm³/mol. The molecule has 23 heavy (non-hydrogen) atoms. The molecule has 1 aromatic heterocycles. The first-order valence-electron chi connectivity index (χ1n) is 7.83. The van der Waals surface area contributed by atoms with E-state index in [2.05, 4.69) is 34.4 Å². The van der Waals surface area contributed by atoms with Crippen LogP contribution >= 0.6 is 0 Å². The Morgan fingerprint density at radius 3 is 2.48 bits per heavy atom. The molecule has 0 atom stereocenters. The fraction of sp³-hybridized carbons (Fsp3) is 0.389. The van der Waals surface area contributed by atoms with Gasteiger partial charge in [0, 0.05) is 17.9 Å². The van der Waals surface area contributed by atoms with Gasteiger partial charge in [-0.25, -0.2) is 9.97 Å². The zero-order chi connectivity index (χ0) is 17.0. The Morgan fingerprint density at radius 1 is 1.09 bits per heavy atom. The van der Waals surface area contributed by atoms with Crippen molar-refractivity contribution in [3.05, 3.63) is 46.8 Å². The number of benzene rings is 1. The van der Waals surface area contributed by atoms with E-state index in [9.17, 15) is 4.79 Å². The molecule has 0 aliphatic carbocycles. The van der Waals surface area contributed by atoms with Crippen molar-refractivity contribution in [1.82, 2.24) is 9.97 Å². The summed E-state index contributed by atoms with van der Waals surface area (Å²) in [5.74, 6) is 0.738. The van der Waals surface area contributed by atoms with Crippen molar-refractivity contribution in [2.45, 2.75) is 34.6 Å². The van der Waals surface area contributed by atoms with E-state index in [1.165, 1.54) is 5.56 Å². The third-order valence-electron chi connectivity index (χ3n) is 3.52. The second kappa shape index (κ2) is 7.22. The molecular weight excluding hydrogens is 288 g/mol. The van der Waals surface area contributed by atoms with E-state index in [0.717, 1.165) is 23.5 Å². The summed E-state index contributed by atoms with van der Waals surface area (Å²) < 4.78 is 0.